The van der Waals surface area contributed by atoms with Crippen molar-refractivity contribution < 1.29 is 22.5 Å². The monoisotopic (exact) mass is 452 g/mol. The molecule has 4 rings (SSSR count). The SMILES string of the molecule is Cc1cc(C(=O)NCc2cc(-c3ccc(C(F)(F)F)cc3)no2)ccc1C#CC1CCCC1. The lowest BCUT2D eigenvalue weighted by atomic mass is 10.0. The first-order valence-corrected chi connectivity index (χ1v) is 10.8. The maximum absolute atomic E-state index is 12.7. The fourth-order valence-corrected chi connectivity index (χ4v) is 3.83. The highest BCUT2D eigenvalue weighted by Gasteiger charge is 2.30. The van der Waals surface area contributed by atoms with Crippen molar-refractivity contribution in [2.24, 2.45) is 5.92 Å². The van der Waals surface area contributed by atoms with Crippen molar-refractivity contribution in [3.05, 3.63) is 76.5 Å². The summed E-state index contributed by atoms with van der Waals surface area (Å²) in [4.78, 5) is 12.5. The van der Waals surface area contributed by atoms with Gasteiger partial charge in [-0.15, -0.1) is 0 Å². The molecule has 2 aromatic carbocycles. The fourth-order valence-electron chi connectivity index (χ4n) is 3.83. The number of nitrogens with one attached hydrogen (secondary N) is 1. The van der Waals surface area contributed by atoms with Crippen LogP contribution < -0.4 is 5.32 Å². The summed E-state index contributed by atoms with van der Waals surface area (Å²) in [6, 6.07) is 11.7. The van der Waals surface area contributed by atoms with E-state index in [1.165, 1.54) is 25.0 Å². The van der Waals surface area contributed by atoms with Crippen LogP contribution in [0.5, 0.6) is 0 Å². The van der Waals surface area contributed by atoms with Crippen LogP contribution in [0.3, 0.4) is 0 Å². The Bertz CT molecular complexity index is 1190. The van der Waals surface area contributed by atoms with E-state index >= 15 is 0 Å². The molecule has 1 aliphatic rings. The van der Waals surface area contributed by atoms with E-state index < -0.39 is 11.7 Å². The van der Waals surface area contributed by atoms with Crippen LogP contribution in [-0.4, -0.2) is 11.1 Å². The number of hydrogen-bond donors (Lipinski definition) is 1. The van der Waals surface area contributed by atoms with Crippen molar-refractivity contribution >= 4 is 5.91 Å². The van der Waals surface area contributed by atoms with Gasteiger partial charge in [-0.3, -0.25) is 4.79 Å². The third kappa shape index (κ3) is 5.64. The van der Waals surface area contributed by atoms with Gasteiger partial charge in [0.25, 0.3) is 5.91 Å². The molecule has 3 aromatic rings. The van der Waals surface area contributed by atoms with Gasteiger partial charge in [-0.25, -0.2) is 0 Å². The first-order chi connectivity index (χ1) is 15.8. The lowest BCUT2D eigenvalue weighted by Gasteiger charge is -2.06. The van der Waals surface area contributed by atoms with Crippen LogP contribution >= 0.6 is 0 Å². The molecular weight excluding hydrogens is 429 g/mol. The summed E-state index contributed by atoms with van der Waals surface area (Å²) in [6.07, 6.45) is 0.420. The van der Waals surface area contributed by atoms with Crippen molar-refractivity contribution in [1.82, 2.24) is 10.5 Å². The molecule has 0 saturated heterocycles. The molecule has 1 saturated carbocycles. The average Bonchev–Trinajstić information content (AvgIpc) is 3.48. The number of carbonyl (C=O) groups excluding carboxylic acids is 1. The van der Waals surface area contributed by atoms with Gasteiger partial charge in [0.05, 0.1) is 12.1 Å². The van der Waals surface area contributed by atoms with Gasteiger partial charge < -0.3 is 9.84 Å². The number of benzene rings is 2. The van der Waals surface area contributed by atoms with Crippen molar-refractivity contribution in [2.45, 2.75) is 45.3 Å². The van der Waals surface area contributed by atoms with Crippen LogP contribution in [0.1, 0.15) is 58.5 Å². The van der Waals surface area contributed by atoms with Crippen LogP contribution in [-0.2, 0) is 12.7 Å². The Morgan fingerprint density at radius 2 is 1.85 bits per heavy atom. The maximum Gasteiger partial charge on any atom is 0.416 e. The van der Waals surface area contributed by atoms with Gasteiger partial charge in [0.2, 0.25) is 0 Å². The van der Waals surface area contributed by atoms with Gasteiger partial charge in [0.15, 0.2) is 5.76 Å². The highest BCUT2D eigenvalue weighted by molar-refractivity contribution is 5.94. The van der Waals surface area contributed by atoms with Crippen molar-refractivity contribution in [2.75, 3.05) is 0 Å². The molecule has 4 nitrogen and oxygen atoms in total. The van der Waals surface area contributed by atoms with Crippen molar-refractivity contribution in [1.29, 1.82) is 0 Å². The summed E-state index contributed by atoms with van der Waals surface area (Å²) in [6.45, 7) is 2.04. The topological polar surface area (TPSA) is 55.1 Å². The summed E-state index contributed by atoms with van der Waals surface area (Å²) in [5.74, 6) is 7.18. The second kappa shape index (κ2) is 9.53. The number of nitrogens with zero attached hydrogens (tertiary/aromatic N) is 1. The molecule has 0 aliphatic heterocycles. The first kappa shape index (κ1) is 22.7. The van der Waals surface area contributed by atoms with E-state index in [1.54, 1.807) is 12.1 Å². The van der Waals surface area contributed by atoms with Crippen LogP contribution in [0.4, 0.5) is 13.2 Å². The molecule has 1 fully saturated rings. The smallest absolute Gasteiger partial charge is 0.359 e. The van der Waals surface area contributed by atoms with Gasteiger partial charge in [-0.1, -0.05) is 42.0 Å². The Hall–Kier alpha value is -3.53. The normalized spacial score (nSPS) is 14.1. The third-order valence-electron chi connectivity index (χ3n) is 5.74. The minimum Gasteiger partial charge on any atom is -0.359 e. The first-order valence-electron chi connectivity index (χ1n) is 10.8. The molecule has 1 heterocycles. The number of halogens is 3. The lowest BCUT2D eigenvalue weighted by molar-refractivity contribution is -0.137. The van der Waals surface area contributed by atoms with E-state index in [4.69, 9.17) is 4.52 Å². The van der Waals surface area contributed by atoms with E-state index in [0.29, 0.717) is 28.5 Å². The minimum absolute atomic E-state index is 0.106. The molecule has 33 heavy (non-hydrogen) atoms. The molecule has 0 atom stereocenters. The zero-order chi connectivity index (χ0) is 23.4. The van der Waals surface area contributed by atoms with Gasteiger partial charge in [-0.2, -0.15) is 13.2 Å². The van der Waals surface area contributed by atoms with Gasteiger partial charge in [-0.05, 0) is 55.7 Å². The van der Waals surface area contributed by atoms with E-state index in [1.807, 2.05) is 19.1 Å². The number of amides is 1. The van der Waals surface area contributed by atoms with Crippen molar-refractivity contribution in [3.63, 3.8) is 0 Å². The molecule has 1 N–H and O–H groups in total. The Morgan fingerprint density at radius 3 is 2.52 bits per heavy atom. The highest BCUT2D eigenvalue weighted by Crippen LogP contribution is 2.31. The highest BCUT2D eigenvalue weighted by atomic mass is 19.4. The molecule has 0 bridgehead atoms. The number of rotatable bonds is 4. The predicted molar refractivity (Wildman–Crippen MR) is 118 cm³/mol. The van der Waals surface area contributed by atoms with E-state index in [9.17, 15) is 18.0 Å². The molecule has 0 spiro atoms. The molecule has 7 heteroatoms. The number of aromatic nitrogens is 1. The molecular formula is C26H23F3N2O2. The van der Waals surface area contributed by atoms with E-state index in [-0.39, 0.29) is 12.5 Å². The summed E-state index contributed by atoms with van der Waals surface area (Å²) in [5.41, 5.74) is 2.55. The summed E-state index contributed by atoms with van der Waals surface area (Å²) in [7, 11) is 0. The minimum atomic E-state index is -4.39. The molecule has 170 valence electrons. The zero-order valence-corrected chi connectivity index (χ0v) is 18.1. The largest absolute Gasteiger partial charge is 0.416 e. The summed E-state index contributed by atoms with van der Waals surface area (Å²) in [5, 5.41) is 6.66. The Morgan fingerprint density at radius 1 is 1.12 bits per heavy atom. The predicted octanol–water partition coefficient (Wildman–Crippen LogP) is 6.14. The van der Waals surface area contributed by atoms with Gasteiger partial charge in [0, 0.05) is 28.7 Å². The molecule has 1 amide bonds. The summed E-state index contributed by atoms with van der Waals surface area (Å²) >= 11 is 0. The zero-order valence-electron chi connectivity index (χ0n) is 18.1. The quantitative estimate of drug-likeness (QED) is 0.484. The lowest BCUT2D eigenvalue weighted by Crippen LogP contribution is -2.22. The van der Waals surface area contributed by atoms with Crippen LogP contribution in [0, 0.1) is 24.7 Å². The standard InChI is InChI=1S/C26H23F3N2O2/c1-17-14-21(9-8-19(17)7-6-18-4-2-3-5-18)25(32)30-16-23-15-24(31-33-23)20-10-12-22(13-11-20)26(27,28)29/h8-15,18H,2-5,16H2,1H3,(H,30,32). The second-order valence-electron chi connectivity index (χ2n) is 8.22. The van der Waals surface area contributed by atoms with Crippen LogP contribution in [0.2, 0.25) is 0 Å². The Labute approximate surface area is 190 Å². The van der Waals surface area contributed by atoms with Crippen LogP contribution in [0.25, 0.3) is 11.3 Å². The molecule has 0 radical (unpaired) electrons. The number of aryl methyl sites for hydroxylation is 1. The van der Waals surface area contributed by atoms with Crippen molar-refractivity contribution in [3.8, 4) is 23.1 Å². The summed E-state index contributed by atoms with van der Waals surface area (Å²) < 4.78 is 43.4. The molecule has 1 aliphatic carbocycles. The maximum atomic E-state index is 12.7. The Balaban J connectivity index is 1.36. The van der Waals surface area contributed by atoms with Crippen LogP contribution in [0.15, 0.2) is 53.1 Å². The van der Waals surface area contributed by atoms with Gasteiger partial charge in [0.1, 0.15) is 5.69 Å². The number of hydrogen-bond acceptors (Lipinski definition) is 3. The third-order valence-corrected chi connectivity index (χ3v) is 5.74. The number of carbonyl (C=O) groups is 1. The average molecular weight is 452 g/mol. The van der Waals surface area contributed by atoms with E-state index in [2.05, 4.69) is 22.3 Å². The van der Waals surface area contributed by atoms with E-state index in [0.717, 1.165) is 36.1 Å². The molecule has 1 aromatic heterocycles. The number of alkyl halides is 3. The Kier molecular flexibility index (Phi) is 6.55. The second-order valence-corrected chi connectivity index (χ2v) is 8.22. The van der Waals surface area contributed by atoms with Gasteiger partial charge >= 0.3 is 6.18 Å². The fraction of sp³-hybridized carbons (Fsp3) is 0.308. The molecule has 0 unspecified atom stereocenters.